The van der Waals surface area contributed by atoms with Gasteiger partial charge in [-0.1, -0.05) is 19.8 Å². The Balaban J connectivity index is 1.70. The maximum Gasteiger partial charge on any atom is 0.265 e. The molecule has 1 fully saturated rings. The van der Waals surface area contributed by atoms with Gasteiger partial charge in [0.15, 0.2) is 0 Å². The molecule has 1 amide bonds. The van der Waals surface area contributed by atoms with Gasteiger partial charge in [-0.3, -0.25) is 19.5 Å². The van der Waals surface area contributed by atoms with Crippen LogP contribution in [0.15, 0.2) is 21.7 Å². The summed E-state index contributed by atoms with van der Waals surface area (Å²) in [6.07, 6.45) is 5.02. The van der Waals surface area contributed by atoms with Crippen LogP contribution < -0.4 is 16.4 Å². The number of nitrogens with one attached hydrogen (secondary N) is 2. The first kappa shape index (κ1) is 16.5. The van der Waals surface area contributed by atoms with Gasteiger partial charge in [0.25, 0.3) is 11.1 Å². The van der Waals surface area contributed by atoms with Gasteiger partial charge in [-0.25, -0.2) is 4.68 Å². The van der Waals surface area contributed by atoms with E-state index in [4.69, 9.17) is 4.74 Å². The summed E-state index contributed by atoms with van der Waals surface area (Å²) in [6.45, 7) is 2.85. The number of nitrogens with zero attached hydrogens (tertiary/aromatic N) is 1. The SMILES string of the molecule is C[C@H]1CCCC[C@@H]1OCCNC(=O)Cn1[nH]c(=O)ccc1=O. The van der Waals surface area contributed by atoms with Gasteiger partial charge in [-0.05, 0) is 18.8 Å². The Bertz CT molecular complexity index is 607. The second-order valence-corrected chi connectivity index (χ2v) is 5.75. The van der Waals surface area contributed by atoms with Crippen LogP contribution in [0.2, 0.25) is 0 Å². The molecule has 7 heteroatoms. The van der Waals surface area contributed by atoms with E-state index < -0.39 is 11.1 Å². The van der Waals surface area contributed by atoms with Crippen LogP contribution in [0.3, 0.4) is 0 Å². The van der Waals surface area contributed by atoms with E-state index in [-0.39, 0.29) is 18.6 Å². The zero-order valence-electron chi connectivity index (χ0n) is 12.8. The largest absolute Gasteiger partial charge is 0.376 e. The smallest absolute Gasteiger partial charge is 0.265 e. The molecule has 1 aromatic heterocycles. The Morgan fingerprint density at radius 1 is 1.36 bits per heavy atom. The van der Waals surface area contributed by atoms with E-state index in [2.05, 4.69) is 17.3 Å². The first-order valence-corrected chi connectivity index (χ1v) is 7.75. The number of hydrogen-bond donors (Lipinski definition) is 2. The van der Waals surface area contributed by atoms with Gasteiger partial charge in [0, 0.05) is 18.7 Å². The van der Waals surface area contributed by atoms with Gasteiger partial charge >= 0.3 is 0 Å². The number of hydrogen-bond acceptors (Lipinski definition) is 4. The predicted octanol–water partition coefficient (Wildman–Crippen LogP) is 0.248. The summed E-state index contributed by atoms with van der Waals surface area (Å²) >= 11 is 0. The molecule has 2 rings (SSSR count). The van der Waals surface area contributed by atoms with Gasteiger partial charge in [-0.15, -0.1) is 0 Å². The standard InChI is InChI=1S/C15H23N3O4/c1-11-4-2-3-5-12(11)22-9-8-16-14(20)10-18-15(21)7-6-13(19)17-18/h6-7,11-12H,2-5,8-10H2,1H3,(H,16,20)(H,17,19)/t11-,12-/m0/s1. The Morgan fingerprint density at radius 3 is 2.91 bits per heavy atom. The molecule has 0 unspecified atom stereocenters. The molecule has 0 bridgehead atoms. The second-order valence-electron chi connectivity index (χ2n) is 5.75. The number of aromatic nitrogens is 2. The highest BCUT2D eigenvalue weighted by Crippen LogP contribution is 2.25. The third-order valence-corrected chi connectivity index (χ3v) is 3.98. The molecular weight excluding hydrogens is 286 g/mol. The number of H-pyrrole nitrogens is 1. The summed E-state index contributed by atoms with van der Waals surface area (Å²) in [5.41, 5.74) is -0.830. The van der Waals surface area contributed by atoms with Crippen LogP contribution in [0.5, 0.6) is 0 Å². The minimum absolute atomic E-state index is 0.200. The first-order chi connectivity index (χ1) is 10.6. The van der Waals surface area contributed by atoms with Crippen molar-refractivity contribution < 1.29 is 9.53 Å². The molecule has 1 aliphatic rings. The van der Waals surface area contributed by atoms with Crippen molar-refractivity contribution in [1.82, 2.24) is 15.1 Å². The molecule has 7 nitrogen and oxygen atoms in total. The fourth-order valence-corrected chi connectivity index (χ4v) is 2.71. The molecule has 1 heterocycles. The summed E-state index contributed by atoms with van der Waals surface area (Å²) < 4.78 is 6.79. The van der Waals surface area contributed by atoms with E-state index in [9.17, 15) is 14.4 Å². The average molecular weight is 309 g/mol. The molecule has 22 heavy (non-hydrogen) atoms. The predicted molar refractivity (Wildman–Crippen MR) is 81.7 cm³/mol. The van der Waals surface area contributed by atoms with Crippen LogP contribution in [0, 0.1) is 5.92 Å². The van der Waals surface area contributed by atoms with E-state index in [1.165, 1.54) is 19.3 Å². The molecule has 0 radical (unpaired) electrons. The van der Waals surface area contributed by atoms with E-state index >= 15 is 0 Å². The topological polar surface area (TPSA) is 93.2 Å². The van der Waals surface area contributed by atoms with Crippen LogP contribution in [-0.2, 0) is 16.1 Å². The molecule has 1 saturated carbocycles. The van der Waals surface area contributed by atoms with Crippen molar-refractivity contribution in [3.8, 4) is 0 Å². The van der Waals surface area contributed by atoms with E-state index in [0.717, 1.165) is 23.2 Å². The Hall–Kier alpha value is -1.89. The lowest BCUT2D eigenvalue weighted by atomic mass is 9.88. The van der Waals surface area contributed by atoms with Crippen molar-refractivity contribution in [2.45, 2.75) is 45.3 Å². The van der Waals surface area contributed by atoms with E-state index in [0.29, 0.717) is 19.1 Å². The normalized spacial score (nSPS) is 21.5. The molecule has 0 aliphatic heterocycles. The van der Waals surface area contributed by atoms with Gasteiger partial charge in [-0.2, -0.15) is 0 Å². The summed E-state index contributed by atoms with van der Waals surface area (Å²) in [4.78, 5) is 34.3. The fraction of sp³-hybridized carbons (Fsp3) is 0.667. The van der Waals surface area contributed by atoms with Crippen molar-refractivity contribution in [1.29, 1.82) is 0 Å². The molecule has 1 aliphatic carbocycles. The van der Waals surface area contributed by atoms with Crippen molar-refractivity contribution in [3.05, 3.63) is 32.8 Å². The third kappa shape index (κ3) is 4.84. The Kier molecular flexibility index (Phi) is 5.94. The van der Waals surface area contributed by atoms with Crippen molar-refractivity contribution in [2.24, 2.45) is 5.92 Å². The highest BCUT2D eigenvalue weighted by Gasteiger charge is 2.21. The maximum atomic E-state index is 11.7. The minimum atomic E-state index is -0.415. The van der Waals surface area contributed by atoms with Gasteiger partial charge in [0.05, 0.1) is 12.7 Å². The van der Waals surface area contributed by atoms with Crippen LogP contribution in [0.25, 0.3) is 0 Å². The van der Waals surface area contributed by atoms with Crippen LogP contribution >= 0.6 is 0 Å². The number of aromatic amines is 1. The summed E-state index contributed by atoms with van der Waals surface area (Å²) in [5, 5.41) is 5.00. The van der Waals surface area contributed by atoms with Crippen LogP contribution in [0.4, 0.5) is 0 Å². The molecule has 2 atom stereocenters. The monoisotopic (exact) mass is 309 g/mol. The van der Waals surface area contributed by atoms with Crippen molar-refractivity contribution in [3.63, 3.8) is 0 Å². The van der Waals surface area contributed by atoms with E-state index in [1.807, 2.05) is 0 Å². The molecular formula is C15H23N3O4. The number of carbonyl (C=O) groups is 1. The Morgan fingerprint density at radius 2 is 2.14 bits per heavy atom. The van der Waals surface area contributed by atoms with Gasteiger partial charge < -0.3 is 10.1 Å². The molecule has 1 aromatic rings. The van der Waals surface area contributed by atoms with Gasteiger partial charge in [0.1, 0.15) is 6.54 Å². The summed E-state index contributed by atoms with van der Waals surface area (Å²) in [5.74, 6) is 0.238. The lowest BCUT2D eigenvalue weighted by Crippen LogP contribution is -2.37. The second kappa shape index (κ2) is 7.93. The van der Waals surface area contributed by atoms with Crippen LogP contribution in [-0.4, -0.2) is 34.9 Å². The van der Waals surface area contributed by atoms with Crippen molar-refractivity contribution >= 4 is 5.91 Å². The van der Waals surface area contributed by atoms with E-state index in [1.54, 1.807) is 0 Å². The average Bonchev–Trinajstić information content (AvgIpc) is 2.49. The highest BCUT2D eigenvalue weighted by atomic mass is 16.5. The third-order valence-electron chi connectivity index (χ3n) is 3.98. The quantitative estimate of drug-likeness (QED) is 0.737. The lowest BCUT2D eigenvalue weighted by molar-refractivity contribution is -0.122. The first-order valence-electron chi connectivity index (χ1n) is 7.75. The zero-order valence-corrected chi connectivity index (χ0v) is 12.8. The van der Waals surface area contributed by atoms with Crippen LogP contribution in [0.1, 0.15) is 32.6 Å². The lowest BCUT2D eigenvalue weighted by Gasteiger charge is -2.28. The molecule has 2 N–H and O–H groups in total. The molecule has 122 valence electrons. The summed E-state index contributed by atoms with van der Waals surface area (Å²) in [6, 6.07) is 2.27. The Labute approximate surface area is 128 Å². The van der Waals surface area contributed by atoms with Gasteiger partial charge in [0.2, 0.25) is 5.91 Å². The molecule has 0 aromatic carbocycles. The number of rotatable bonds is 6. The number of amides is 1. The number of carbonyl (C=O) groups excluding carboxylic acids is 1. The fourth-order valence-electron chi connectivity index (χ4n) is 2.71. The maximum absolute atomic E-state index is 11.7. The minimum Gasteiger partial charge on any atom is -0.376 e. The number of ether oxygens (including phenoxy) is 1. The summed E-state index contributed by atoms with van der Waals surface area (Å²) in [7, 11) is 0. The van der Waals surface area contributed by atoms with Crippen molar-refractivity contribution in [2.75, 3.05) is 13.2 Å². The highest BCUT2D eigenvalue weighted by molar-refractivity contribution is 5.75. The molecule has 0 saturated heterocycles. The molecule has 0 spiro atoms. The zero-order chi connectivity index (χ0) is 15.9.